The van der Waals surface area contributed by atoms with Crippen LogP contribution in [0.1, 0.15) is 17.3 Å². The van der Waals surface area contributed by atoms with Crippen molar-refractivity contribution >= 4 is 44.3 Å². The van der Waals surface area contributed by atoms with Crippen LogP contribution in [-0.2, 0) is 4.74 Å². The number of fused-ring (bicyclic) bond motifs is 1. The fourth-order valence-corrected chi connectivity index (χ4v) is 2.17. The fraction of sp³-hybridized carbons (Fsp3) is 0.167. The third kappa shape index (κ3) is 2.42. The van der Waals surface area contributed by atoms with E-state index >= 15 is 0 Å². The number of carbonyl (C=O) groups is 1. The molecule has 0 amide bonds. The smallest absolute Gasteiger partial charge is 0.341 e. The third-order valence-corrected chi connectivity index (χ3v) is 3.07. The lowest BCUT2D eigenvalue weighted by molar-refractivity contribution is 0.0528. The van der Waals surface area contributed by atoms with Gasteiger partial charge in [-0.25, -0.2) is 9.78 Å². The molecule has 0 aliphatic carbocycles. The van der Waals surface area contributed by atoms with Gasteiger partial charge in [0.15, 0.2) is 0 Å². The number of pyridine rings is 1. The summed E-state index contributed by atoms with van der Waals surface area (Å²) in [5, 5.41) is 1.75. The van der Waals surface area contributed by atoms with E-state index in [1.165, 1.54) is 0 Å². The molecule has 1 aromatic carbocycles. The normalized spacial score (nSPS) is 10.5. The van der Waals surface area contributed by atoms with Crippen molar-refractivity contribution < 1.29 is 9.53 Å². The number of halogens is 2. The highest BCUT2D eigenvalue weighted by atomic mass is 79.9. The minimum absolute atomic E-state index is 0.165. The van der Waals surface area contributed by atoms with Crippen LogP contribution in [0.3, 0.4) is 0 Å². The zero-order chi connectivity index (χ0) is 12.4. The molecule has 88 valence electrons. The lowest BCUT2D eigenvalue weighted by Crippen LogP contribution is -2.07. The van der Waals surface area contributed by atoms with Gasteiger partial charge < -0.3 is 4.74 Å². The number of carbonyl (C=O) groups excluding carboxylic acids is 1. The molecular weight excluding hydrogens is 305 g/mol. The standard InChI is InChI=1S/C12H9BrClNO2/c1-2-17-12(16)10-9-4-3-8(13)5-7(9)6-15-11(10)14/h3-6H,2H2,1H3. The number of hydrogen-bond donors (Lipinski definition) is 0. The van der Waals surface area contributed by atoms with Gasteiger partial charge >= 0.3 is 5.97 Å². The van der Waals surface area contributed by atoms with Crippen LogP contribution >= 0.6 is 27.5 Å². The molecule has 3 nitrogen and oxygen atoms in total. The molecule has 0 bridgehead atoms. The monoisotopic (exact) mass is 313 g/mol. The molecule has 0 saturated heterocycles. The van der Waals surface area contributed by atoms with Crippen molar-refractivity contribution in [2.75, 3.05) is 6.61 Å². The number of rotatable bonds is 2. The Morgan fingerprint density at radius 3 is 3.00 bits per heavy atom. The summed E-state index contributed by atoms with van der Waals surface area (Å²) in [6, 6.07) is 5.54. The molecule has 0 spiro atoms. The van der Waals surface area contributed by atoms with Gasteiger partial charge in [-0.2, -0.15) is 0 Å². The fourth-order valence-electron chi connectivity index (χ4n) is 1.57. The molecule has 0 radical (unpaired) electrons. The topological polar surface area (TPSA) is 39.2 Å². The molecule has 2 aromatic rings. The molecule has 0 aliphatic heterocycles. The maximum absolute atomic E-state index is 11.8. The van der Waals surface area contributed by atoms with Crippen molar-refractivity contribution in [1.29, 1.82) is 0 Å². The van der Waals surface area contributed by atoms with Crippen LogP contribution in [0, 0.1) is 0 Å². The van der Waals surface area contributed by atoms with E-state index in [0.717, 1.165) is 15.2 Å². The molecule has 0 saturated carbocycles. The predicted molar refractivity (Wildman–Crippen MR) is 70.4 cm³/mol. The Kier molecular flexibility index (Phi) is 3.64. The van der Waals surface area contributed by atoms with Gasteiger partial charge in [0.25, 0.3) is 0 Å². The number of nitrogens with zero attached hydrogens (tertiary/aromatic N) is 1. The van der Waals surface area contributed by atoms with E-state index in [0.29, 0.717) is 12.2 Å². The first kappa shape index (κ1) is 12.3. The average Bonchev–Trinajstić information content (AvgIpc) is 2.29. The van der Waals surface area contributed by atoms with Gasteiger partial charge in [0.05, 0.1) is 6.61 Å². The molecule has 0 unspecified atom stereocenters. The number of benzene rings is 1. The van der Waals surface area contributed by atoms with Crippen molar-refractivity contribution in [2.24, 2.45) is 0 Å². The Labute approximate surface area is 112 Å². The largest absolute Gasteiger partial charge is 0.462 e. The second-order valence-electron chi connectivity index (χ2n) is 3.38. The lowest BCUT2D eigenvalue weighted by Gasteiger charge is -2.07. The van der Waals surface area contributed by atoms with Crippen LogP contribution < -0.4 is 0 Å². The Morgan fingerprint density at radius 1 is 1.53 bits per heavy atom. The minimum atomic E-state index is -0.446. The molecule has 1 aromatic heterocycles. The summed E-state index contributed by atoms with van der Waals surface area (Å²) in [6.07, 6.45) is 1.63. The van der Waals surface area contributed by atoms with Crippen LogP contribution in [-0.4, -0.2) is 17.6 Å². The predicted octanol–water partition coefficient (Wildman–Crippen LogP) is 3.83. The first-order valence-electron chi connectivity index (χ1n) is 5.04. The summed E-state index contributed by atoms with van der Waals surface area (Å²) >= 11 is 9.32. The summed E-state index contributed by atoms with van der Waals surface area (Å²) < 4.78 is 5.89. The second kappa shape index (κ2) is 5.02. The molecule has 0 fully saturated rings. The van der Waals surface area contributed by atoms with E-state index in [1.807, 2.05) is 18.2 Å². The first-order chi connectivity index (χ1) is 8.13. The molecule has 1 heterocycles. The van der Waals surface area contributed by atoms with Crippen molar-refractivity contribution in [2.45, 2.75) is 6.92 Å². The van der Waals surface area contributed by atoms with Gasteiger partial charge in [0, 0.05) is 21.4 Å². The number of hydrogen-bond acceptors (Lipinski definition) is 3. The van der Waals surface area contributed by atoms with Gasteiger partial charge in [-0.1, -0.05) is 33.6 Å². The molecule has 0 N–H and O–H groups in total. The van der Waals surface area contributed by atoms with Gasteiger partial charge in [-0.3, -0.25) is 0 Å². The number of esters is 1. The molecule has 5 heteroatoms. The second-order valence-corrected chi connectivity index (χ2v) is 4.65. The Bertz CT molecular complexity index is 586. The SMILES string of the molecule is CCOC(=O)c1c(Cl)ncc2cc(Br)ccc12. The summed E-state index contributed by atoms with van der Waals surface area (Å²) in [4.78, 5) is 15.8. The van der Waals surface area contributed by atoms with Gasteiger partial charge in [0.2, 0.25) is 0 Å². The first-order valence-corrected chi connectivity index (χ1v) is 6.21. The van der Waals surface area contributed by atoms with E-state index in [4.69, 9.17) is 16.3 Å². The van der Waals surface area contributed by atoms with Gasteiger partial charge in [0.1, 0.15) is 10.7 Å². The highest BCUT2D eigenvalue weighted by molar-refractivity contribution is 9.10. The van der Waals surface area contributed by atoms with Gasteiger partial charge in [-0.15, -0.1) is 0 Å². The van der Waals surface area contributed by atoms with E-state index in [9.17, 15) is 4.79 Å². The minimum Gasteiger partial charge on any atom is -0.462 e. The lowest BCUT2D eigenvalue weighted by atomic mass is 10.1. The molecule has 0 atom stereocenters. The van der Waals surface area contributed by atoms with Crippen LogP contribution in [0.25, 0.3) is 10.8 Å². The van der Waals surface area contributed by atoms with Crippen molar-refractivity contribution in [3.05, 3.63) is 39.6 Å². The van der Waals surface area contributed by atoms with Crippen LogP contribution in [0.2, 0.25) is 5.15 Å². The molecular formula is C12H9BrClNO2. The summed E-state index contributed by atoms with van der Waals surface area (Å²) in [7, 11) is 0. The maximum Gasteiger partial charge on any atom is 0.341 e. The van der Waals surface area contributed by atoms with E-state index < -0.39 is 5.97 Å². The van der Waals surface area contributed by atoms with Crippen LogP contribution in [0.4, 0.5) is 0 Å². The zero-order valence-electron chi connectivity index (χ0n) is 9.04. The Hall–Kier alpha value is -1.13. The quantitative estimate of drug-likeness (QED) is 0.625. The van der Waals surface area contributed by atoms with Crippen molar-refractivity contribution in [3.8, 4) is 0 Å². The van der Waals surface area contributed by atoms with Gasteiger partial charge in [-0.05, 0) is 19.1 Å². The number of aromatic nitrogens is 1. The average molecular weight is 315 g/mol. The van der Waals surface area contributed by atoms with E-state index in [2.05, 4.69) is 20.9 Å². The highest BCUT2D eigenvalue weighted by Gasteiger charge is 2.16. The molecule has 2 rings (SSSR count). The summed E-state index contributed by atoms with van der Waals surface area (Å²) in [5.41, 5.74) is 0.318. The van der Waals surface area contributed by atoms with Crippen LogP contribution in [0.15, 0.2) is 28.9 Å². The third-order valence-electron chi connectivity index (χ3n) is 2.29. The van der Waals surface area contributed by atoms with Crippen LogP contribution in [0.5, 0.6) is 0 Å². The van der Waals surface area contributed by atoms with E-state index in [-0.39, 0.29) is 5.15 Å². The summed E-state index contributed by atoms with van der Waals surface area (Å²) in [5.74, 6) is -0.446. The zero-order valence-corrected chi connectivity index (χ0v) is 11.4. The van der Waals surface area contributed by atoms with Crippen molar-refractivity contribution in [3.63, 3.8) is 0 Å². The number of ether oxygens (including phenoxy) is 1. The summed E-state index contributed by atoms with van der Waals surface area (Å²) in [6.45, 7) is 2.06. The van der Waals surface area contributed by atoms with Crippen molar-refractivity contribution in [1.82, 2.24) is 4.98 Å². The van der Waals surface area contributed by atoms with E-state index in [1.54, 1.807) is 13.1 Å². The Balaban J connectivity index is 2.67. The molecule has 17 heavy (non-hydrogen) atoms. The molecule has 0 aliphatic rings. The maximum atomic E-state index is 11.8. The Morgan fingerprint density at radius 2 is 2.29 bits per heavy atom. The highest BCUT2D eigenvalue weighted by Crippen LogP contribution is 2.27.